The summed E-state index contributed by atoms with van der Waals surface area (Å²) >= 11 is 0. The zero-order valence-corrected chi connectivity index (χ0v) is 11.1. The van der Waals surface area contributed by atoms with Gasteiger partial charge < -0.3 is 15.1 Å². The van der Waals surface area contributed by atoms with E-state index in [1.807, 2.05) is 13.2 Å². The molecule has 5 heteroatoms. The molecule has 1 atom stereocenters. The standard InChI is InChI=1S/C12H21N5/c1-9-7-14-12(13-2)15-11(9)17-6-5-10(8-17)16(3)4/h7,10H,5-6,8H2,1-4H3,(H,13,14,15). The summed E-state index contributed by atoms with van der Waals surface area (Å²) in [6.07, 6.45) is 3.09. The van der Waals surface area contributed by atoms with E-state index in [-0.39, 0.29) is 0 Å². The highest BCUT2D eigenvalue weighted by molar-refractivity contribution is 5.49. The monoisotopic (exact) mass is 235 g/mol. The fourth-order valence-corrected chi connectivity index (χ4v) is 2.23. The minimum absolute atomic E-state index is 0.627. The SMILES string of the molecule is CNc1ncc(C)c(N2CCC(N(C)C)C2)n1. The van der Waals surface area contributed by atoms with E-state index in [4.69, 9.17) is 0 Å². The lowest BCUT2D eigenvalue weighted by atomic mass is 10.2. The van der Waals surface area contributed by atoms with Gasteiger partial charge >= 0.3 is 0 Å². The number of anilines is 2. The van der Waals surface area contributed by atoms with Crippen LogP contribution < -0.4 is 10.2 Å². The van der Waals surface area contributed by atoms with Gasteiger partial charge in [-0.25, -0.2) is 4.98 Å². The van der Waals surface area contributed by atoms with Gasteiger partial charge in [-0.1, -0.05) is 0 Å². The Morgan fingerprint density at radius 3 is 2.82 bits per heavy atom. The summed E-state index contributed by atoms with van der Waals surface area (Å²) in [7, 11) is 6.13. The Bertz CT molecular complexity index is 390. The molecule has 0 radical (unpaired) electrons. The maximum Gasteiger partial charge on any atom is 0.224 e. The van der Waals surface area contributed by atoms with E-state index < -0.39 is 0 Å². The highest BCUT2D eigenvalue weighted by Gasteiger charge is 2.26. The van der Waals surface area contributed by atoms with Gasteiger partial charge in [-0.3, -0.25) is 0 Å². The van der Waals surface area contributed by atoms with E-state index in [9.17, 15) is 0 Å². The van der Waals surface area contributed by atoms with Gasteiger partial charge in [0.2, 0.25) is 5.95 Å². The van der Waals surface area contributed by atoms with Crippen LogP contribution in [0.15, 0.2) is 6.20 Å². The highest BCUT2D eigenvalue weighted by Crippen LogP contribution is 2.23. The maximum atomic E-state index is 4.55. The molecule has 0 saturated carbocycles. The number of likely N-dealkylation sites (N-methyl/N-ethyl adjacent to an activating group) is 1. The molecule has 1 fully saturated rings. The van der Waals surface area contributed by atoms with Crippen LogP contribution in [0.1, 0.15) is 12.0 Å². The van der Waals surface area contributed by atoms with Gasteiger partial charge in [0, 0.05) is 37.9 Å². The van der Waals surface area contributed by atoms with Crippen LogP contribution in [0.3, 0.4) is 0 Å². The van der Waals surface area contributed by atoms with E-state index in [1.165, 1.54) is 6.42 Å². The fourth-order valence-electron chi connectivity index (χ4n) is 2.23. The molecule has 2 heterocycles. The summed E-state index contributed by atoms with van der Waals surface area (Å²) in [5.41, 5.74) is 1.14. The zero-order valence-electron chi connectivity index (χ0n) is 11.1. The molecule has 0 aliphatic carbocycles. The summed E-state index contributed by atoms with van der Waals surface area (Å²) in [6.45, 7) is 4.19. The first kappa shape index (κ1) is 12.1. The van der Waals surface area contributed by atoms with E-state index in [0.29, 0.717) is 12.0 Å². The first-order valence-corrected chi connectivity index (χ1v) is 6.04. The minimum atomic E-state index is 0.627. The Balaban J connectivity index is 2.18. The van der Waals surface area contributed by atoms with Crippen LogP contribution in [0.4, 0.5) is 11.8 Å². The third-order valence-corrected chi connectivity index (χ3v) is 3.36. The predicted octanol–water partition coefficient (Wildman–Crippen LogP) is 0.967. The first-order chi connectivity index (χ1) is 8.11. The average Bonchev–Trinajstić information content (AvgIpc) is 2.79. The Hall–Kier alpha value is -1.36. The third kappa shape index (κ3) is 2.49. The minimum Gasteiger partial charge on any atom is -0.357 e. The third-order valence-electron chi connectivity index (χ3n) is 3.36. The van der Waals surface area contributed by atoms with Crippen LogP contribution in [-0.4, -0.2) is 55.1 Å². The maximum absolute atomic E-state index is 4.55. The molecular weight excluding hydrogens is 214 g/mol. The molecule has 1 N–H and O–H groups in total. The molecule has 17 heavy (non-hydrogen) atoms. The largest absolute Gasteiger partial charge is 0.357 e. The van der Waals surface area contributed by atoms with Crippen LogP contribution in [0.25, 0.3) is 0 Å². The molecule has 5 nitrogen and oxygen atoms in total. The number of hydrogen-bond acceptors (Lipinski definition) is 5. The van der Waals surface area contributed by atoms with Crippen molar-refractivity contribution in [3.8, 4) is 0 Å². The summed E-state index contributed by atoms with van der Waals surface area (Å²) in [6, 6.07) is 0.627. The normalized spacial score (nSPS) is 20.1. The molecule has 0 spiro atoms. The number of aromatic nitrogens is 2. The molecule has 1 unspecified atom stereocenters. The molecule has 1 aliphatic rings. The molecule has 2 rings (SSSR count). The summed E-state index contributed by atoms with van der Waals surface area (Å²) in [4.78, 5) is 13.4. The van der Waals surface area contributed by atoms with Gasteiger partial charge in [0.25, 0.3) is 0 Å². The van der Waals surface area contributed by atoms with Crippen LogP contribution in [0.2, 0.25) is 0 Å². The zero-order chi connectivity index (χ0) is 12.4. The molecule has 94 valence electrons. The molecule has 1 aliphatic heterocycles. The number of rotatable bonds is 3. The van der Waals surface area contributed by atoms with Gasteiger partial charge in [0.15, 0.2) is 0 Å². The summed E-state index contributed by atoms with van der Waals surface area (Å²) in [5.74, 6) is 1.76. The number of nitrogens with zero attached hydrogens (tertiary/aromatic N) is 4. The Labute approximate surface area is 103 Å². The average molecular weight is 235 g/mol. The van der Waals surface area contributed by atoms with E-state index >= 15 is 0 Å². The number of aryl methyl sites for hydroxylation is 1. The van der Waals surface area contributed by atoms with E-state index in [1.54, 1.807) is 0 Å². The molecule has 0 aromatic carbocycles. The van der Waals surface area contributed by atoms with Crippen molar-refractivity contribution in [1.82, 2.24) is 14.9 Å². The van der Waals surface area contributed by atoms with Gasteiger partial charge in [-0.2, -0.15) is 4.98 Å². The highest BCUT2D eigenvalue weighted by atomic mass is 15.3. The molecule has 1 aromatic rings. The lowest BCUT2D eigenvalue weighted by Crippen LogP contribution is -2.32. The molecule has 0 amide bonds. The van der Waals surface area contributed by atoms with Gasteiger partial charge in [0.05, 0.1) is 0 Å². The van der Waals surface area contributed by atoms with Crippen molar-refractivity contribution in [3.05, 3.63) is 11.8 Å². The van der Waals surface area contributed by atoms with Gasteiger partial charge in [0.1, 0.15) is 5.82 Å². The van der Waals surface area contributed by atoms with Crippen molar-refractivity contribution in [2.75, 3.05) is 44.4 Å². The fraction of sp³-hybridized carbons (Fsp3) is 0.667. The Morgan fingerprint density at radius 2 is 2.24 bits per heavy atom. The number of hydrogen-bond donors (Lipinski definition) is 1. The quantitative estimate of drug-likeness (QED) is 0.845. The second-order valence-corrected chi connectivity index (χ2v) is 4.80. The second kappa shape index (κ2) is 4.87. The summed E-state index contributed by atoms with van der Waals surface area (Å²) < 4.78 is 0. The van der Waals surface area contributed by atoms with Gasteiger partial charge in [-0.15, -0.1) is 0 Å². The number of nitrogens with one attached hydrogen (secondary N) is 1. The van der Waals surface area contributed by atoms with Gasteiger partial charge in [-0.05, 0) is 27.4 Å². The molecule has 0 bridgehead atoms. The van der Waals surface area contributed by atoms with Crippen molar-refractivity contribution in [3.63, 3.8) is 0 Å². The van der Waals surface area contributed by atoms with Crippen LogP contribution in [0, 0.1) is 6.92 Å². The topological polar surface area (TPSA) is 44.3 Å². The summed E-state index contributed by atoms with van der Waals surface area (Å²) in [5, 5.41) is 2.99. The van der Waals surface area contributed by atoms with Crippen LogP contribution in [0.5, 0.6) is 0 Å². The predicted molar refractivity (Wildman–Crippen MR) is 70.6 cm³/mol. The molecular formula is C12H21N5. The lowest BCUT2D eigenvalue weighted by Gasteiger charge is -2.22. The van der Waals surface area contributed by atoms with Crippen LogP contribution >= 0.6 is 0 Å². The lowest BCUT2D eigenvalue weighted by molar-refractivity contribution is 0.315. The van der Waals surface area contributed by atoms with E-state index in [0.717, 1.165) is 24.5 Å². The second-order valence-electron chi connectivity index (χ2n) is 4.80. The molecule has 1 saturated heterocycles. The smallest absolute Gasteiger partial charge is 0.224 e. The van der Waals surface area contributed by atoms with Crippen molar-refractivity contribution in [2.24, 2.45) is 0 Å². The van der Waals surface area contributed by atoms with Crippen molar-refractivity contribution < 1.29 is 0 Å². The van der Waals surface area contributed by atoms with E-state index in [2.05, 4.69) is 46.1 Å². The first-order valence-electron chi connectivity index (χ1n) is 6.04. The van der Waals surface area contributed by atoms with Crippen LogP contribution in [-0.2, 0) is 0 Å². The Morgan fingerprint density at radius 1 is 1.47 bits per heavy atom. The Kier molecular flexibility index (Phi) is 3.47. The van der Waals surface area contributed by atoms with Crippen molar-refractivity contribution >= 4 is 11.8 Å². The van der Waals surface area contributed by atoms with Crippen molar-refractivity contribution in [1.29, 1.82) is 0 Å². The van der Waals surface area contributed by atoms with Crippen molar-refractivity contribution in [2.45, 2.75) is 19.4 Å². The molecule has 1 aromatic heterocycles.